The van der Waals surface area contributed by atoms with Gasteiger partial charge in [-0.2, -0.15) is 0 Å². The van der Waals surface area contributed by atoms with Gasteiger partial charge in [-0.25, -0.2) is 14.4 Å². The number of fused-ring (bicyclic) bond motifs is 3. The summed E-state index contributed by atoms with van der Waals surface area (Å²) >= 11 is 6.63. The molecule has 10 heteroatoms. The normalized spacial score (nSPS) is 12.4. The minimum Gasteiger partial charge on any atom is -0.457 e. The van der Waals surface area contributed by atoms with Crippen LogP contribution < -0.4 is 10.5 Å². The second-order valence-electron chi connectivity index (χ2n) is 11.7. The van der Waals surface area contributed by atoms with E-state index in [0.29, 0.717) is 12.0 Å². The fourth-order valence-corrected chi connectivity index (χ4v) is 5.93. The molecule has 1 unspecified atom stereocenters. The van der Waals surface area contributed by atoms with Crippen LogP contribution in [-0.4, -0.2) is 42.6 Å². The molecule has 1 aliphatic rings. The molecule has 0 aromatic heterocycles. The van der Waals surface area contributed by atoms with Gasteiger partial charge in [0.25, 0.3) is 5.72 Å². The molecule has 256 valence electrons. The van der Waals surface area contributed by atoms with Gasteiger partial charge in [0.15, 0.2) is 12.4 Å². The van der Waals surface area contributed by atoms with Gasteiger partial charge in [0, 0.05) is 11.1 Å². The van der Waals surface area contributed by atoms with Crippen LogP contribution in [0.5, 0.6) is 5.75 Å². The first-order valence-electron chi connectivity index (χ1n) is 16.0. The number of esters is 3. The van der Waals surface area contributed by atoms with E-state index < -0.39 is 36.0 Å². The molecule has 2 N–H and O–H groups in total. The van der Waals surface area contributed by atoms with E-state index in [4.69, 9.17) is 36.3 Å². The first-order valence-corrected chi connectivity index (χ1v) is 16.3. The smallest absolute Gasteiger partial charge is 0.370 e. The van der Waals surface area contributed by atoms with E-state index in [1.807, 2.05) is 30.3 Å². The highest BCUT2D eigenvalue weighted by Crippen LogP contribution is 2.38. The van der Waals surface area contributed by atoms with Gasteiger partial charge in [0.1, 0.15) is 19.0 Å². The number of ketones is 1. The van der Waals surface area contributed by atoms with Crippen molar-refractivity contribution in [2.24, 2.45) is 5.73 Å². The summed E-state index contributed by atoms with van der Waals surface area (Å²) in [5.41, 5.74) is 9.43. The number of benzene rings is 5. The third-order valence-electron chi connectivity index (χ3n) is 8.28. The molecule has 1 atom stereocenters. The van der Waals surface area contributed by atoms with Crippen molar-refractivity contribution in [1.29, 1.82) is 0 Å². The molecule has 0 saturated heterocycles. The van der Waals surface area contributed by atoms with Gasteiger partial charge in [0.05, 0.1) is 16.1 Å². The maximum absolute atomic E-state index is 13.9. The van der Waals surface area contributed by atoms with E-state index in [0.717, 1.165) is 22.3 Å². The van der Waals surface area contributed by atoms with Gasteiger partial charge in [-0.15, -0.1) is 0 Å². The van der Waals surface area contributed by atoms with Crippen molar-refractivity contribution in [2.45, 2.75) is 18.8 Å². The molecule has 0 aliphatic heterocycles. The summed E-state index contributed by atoms with van der Waals surface area (Å²) in [4.78, 5) is 53.6. The van der Waals surface area contributed by atoms with Crippen molar-refractivity contribution >= 4 is 35.3 Å². The summed E-state index contributed by atoms with van der Waals surface area (Å²) in [6.07, 6.45) is 2.01. The zero-order valence-corrected chi connectivity index (χ0v) is 28.1. The minimum atomic E-state index is -2.43. The third kappa shape index (κ3) is 7.60. The van der Waals surface area contributed by atoms with Crippen molar-refractivity contribution in [3.63, 3.8) is 0 Å². The molecule has 0 bridgehead atoms. The highest BCUT2D eigenvalue weighted by atomic mass is 35.5. The number of halogens is 1. The number of nitrogens with two attached hydrogens (primary N) is 1. The van der Waals surface area contributed by atoms with E-state index in [-0.39, 0.29) is 40.7 Å². The fraction of sp³-hybridized carbons (Fsp3) is 0.122. The first-order chi connectivity index (χ1) is 24.7. The zero-order chi connectivity index (χ0) is 36.0. The maximum Gasteiger partial charge on any atom is 0.370 e. The Morgan fingerprint density at radius 1 is 0.745 bits per heavy atom. The largest absolute Gasteiger partial charge is 0.457 e. The first kappa shape index (κ1) is 34.8. The van der Waals surface area contributed by atoms with Crippen LogP contribution in [0.15, 0.2) is 128 Å². The van der Waals surface area contributed by atoms with Crippen LogP contribution in [-0.2, 0) is 32.0 Å². The number of carbonyl (C=O) groups is 4. The lowest BCUT2D eigenvalue weighted by molar-refractivity contribution is -0.164. The monoisotopic (exact) mass is 701 g/mol. The number of carbonyl (C=O) groups excluding carboxylic acids is 4. The van der Waals surface area contributed by atoms with E-state index in [1.54, 1.807) is 48.5 Å². The standard InChI is InChI=1S/C41H32ClNO8/c1-2-20-48-40(47)41(43,25-50-38(45)27-14-7-4-8-15-27)51-36-23-34(33(22-35(36)42)37(44)26-12-5-3-6-13-26)39(46)49-24-29-17-11-19-31-30-18-10-9-16-28(30)21-32(29)31/h2-19,22-23H,1,20-21,24-25,43H2. The summed E-state index contributed by atoms with van der Waals surface area (Å²) in [6, 6.07) is 32.7. The van der Waals surface area contributed by atoms with Crippen molar-refractivity contribution < 1.29 is 38.1 Å². The van der Waals surface area contributed by atoms with E-state index in [9.17, 15) is 19.2 Å². The van der Waals surface area contributed by atoms with E-state index >= 15 is 0 Å². The number of ether oxygens (including phenoxy) is 4. The van der Waals surface area contributed by atoms with Crippen LogP contribution in [0.2, 0.25) is 5.02 Å². The van der Waals surface area contributed by atoms with E-state index in [2.05, 4.69) is 18.7 Å². The van der Waals surface area contributed by atoms with Gasteiger partial charge in [-0.05, 0) is 58.5 Å². The van der Waals surface area contributed by atoms with Crippen molar-refractivity contribution in [2.75, 3.05) is 13.2 Å². The molecule has 1 aliphatic carbocycles. The lowest BCUT2D eigenvalue weighted by Gasteiger charge is -2.28. The summed E-state index contributed by atoms with van der Waals surface area (Å²) in [5.74, 6) is -3.50. The molecule has 5 aromatic carbocycles. The molecule has 5 aromatic rings. The highest BCUT2D eigenvalue weighted by molar-refractivity contribution is 6.33. The minimum absolute atomic E-state index is 0.0680. The molecule has 6 rings (SSSR count). The van der Waals surface area contributed by atoms with Crippen LogP contribution in [0, 0.1) is 0 Å². The maximum atomic E-state index is 13.9. The van der Waals surface area contributed by atoms with Crippen LogP contribution in [0.4, 0.5) is 0 Å². The Morgan fingerprint density at radius 2 is 1.41 bits per heavy atom. The molecule has 0 amide bonds. The third-order valence-corrected chi connectivity index (χ3v) is 8.57. The number of hydrogen-bond donors (Lipinski definition) is 1. The Hall–Kier alpha value is -6.03. The summed E-state index contributed by atoms with van der Waals surface area (Å²) in [5, 5.41) is -0.162. The molecule has 0 saturated carbocycles. The van der Waals surface area contributed by atoms with Gasteiger partial charge in [0.2, 0.25) is 0 Å². The quantitative estimate of drug-likeness (QED) is 0.0440. The number of hydrogen-bond acceptors (Lipinski definition) is 9. The summed E-state index contributed by atoms with van der Waals surface area (Å²) in [7, 11) is 0. The van der Waals surface area contributed by atoms with Gasteiger partial charge >= 0.3 is 17.9 Å². The molecule has 0 radical (unpaired) electrons. The fourth-order valence-electron chi connectivity index (χ4n) is 5.73. The Kier molecular flexibility index (Phi) is 10.4. The summed E-state index contributed by atoms with van der Waals surface area (Å²) in [6.45, 7) is 2.43. The van der Waals surface area contributed by atoms with Crippen LogP contribution in [0.1, 0.15) is 53.3 Å². The topological polar surface area (TPSA) is 131 Å². The van der Waals surface area contributed by atoms with Gasteiger partial charge < -0.3 is 18.9 Å². The van der Waals surface area contributed by atoms with Crippen molar-refractivity contribution in [3.05, 3.63) is 172 Å². The molecule has 9 nitrogen and oxygen atoms in total. The Morgan fingerprint density at radius 3 is 2.14 bits per heavy atom. The molecule has 51 heavy (non-hydrogen) atoms. The molecule has 0 heterocycles. The van der Waals surface area contributed by atoms with Crippen LogP contribution >= 0.6 is 11.6 Å². The molecule has 0 fully saturated rings. The molecule has 0 spiro atoms. The van der Waals surface area contributed by atoms with E-state index in [1.165, 1.54) is 35.9 Å². The predicted molar refractivity (Wildman–Crippen MR) is 191 cm³/mol. The SMILES string of the molecule is C=CCOC(=O)C(N)(COC(=O)c1ccccc1)Oc1cc(C(=O)OCc2cccc3c2Cc2ccccc2-3)c(C(=O)c2ccccc2)cc1Cl. The molecular formula is C41H32ClNO8. The summed E-state index contributed by atoms with van der Waals surface area (Å²) < 4.78 is 22.2. The lowest BCUT2D eigenvalue weighted by atomic mass is 9.97. The molecular weight excluding hydrogens is 670 g/mol. The lowest BCUT2D eigenvalue weighted by Crippen LogP contribution is -2.58. The predicted octanol–water partition coefficient (Wildman–Crippen LogP) is 7.12. The Balaban J connectivity index is 1.32. The Labute approximate surface area is 299 Å². The average Bonchev–Trinajstić information content (AvgIpc) is 3.55. The van der Waals surface area contributed by atoms with Gasteiger partial charge in [-0.3, -0.25) is 10.5 Å². The number of rotatable bonds is 13. The van der Waals surface area contributed by atoms with Gasteiger partial charge in [-0.1, -0.05) is 115 Å². The van der Waals surface area contributed by atoms with Crippen LogP contribution in [0.25, 0.3) is 11.1 Å². The Bertz CT molecular complexity index is 2130. The zero-order valence-electron chi connectivity index (χ0n) is 27.3. The van der Waals surface area contributed by atoms with Crippen molar-refractivity contribution in [1.82, 2.24) is 0 Å². The second kappa shape index (κ2) is 15.2. The highest BCUT2D eigenvalue weighted by Gasteiger charge is 2.41. The second-order valence-corrected chi connectivity index (χ2v) is 12.1. The van der Waals surface area contributed by atoms with Crippen molar-refractivity contribution in [3.8, 4) is 16.9 Å². The average molecular weight is 702 g/mol. The van der Waals surface area contributed by atoms with Crippen LogP contribution in [0.3, 0.4) is 0 Å².